The van der Waals surface area contributed by atoms with Crippen molar-refractivity contribution in [3.63, 3.8) is 0 Å². The number of quaternary nitrogens is 1. The fourth-order valence-electron chi connectivity index (χ4n) is 3.51. The van der Waals surface area contributed by atoms with Gasteiger partial charge in [-0.1, -0.05) is 65.2 Å². The van der Waals surface area contributed by atoms with Crippen molar-refractivity contribution in [2.75, 3.05) is 33.3 Å². The van der Waals surface area contributed by atoms with Crippen molar-refractivity contribution in [1.82, 2.24) is 0 Å². The van der Waals surface area contributed by atoms with Gasteiger partial charge >= 0.3 is 0 Å². The maximum Gasteiger partial charge on any atom is 0.130 e. The number of hydrogen-bond acceptors (Lipinski definition) is 1. The minimum atomic E-state index is 0. The highest BCUT2D eigenvalue weighted by atomic mass is 35.5. The fourth-order valence-corrected chi connectivity index (χ4v) is 3.51. The Balaban J connectivity index is 0.00000484. The normalized spacial score (nSPS) is 17.1. The molecule has 23 heavy (non-hydrogen) atoms. The molecular formula is C20H42ClNO. The van der Waals surface area contributed by atoms with Crippen LogP contribution in [-0.2, 0) is 4.74 Å². The summed E-state index contributed by atoms with van der Waals surface area (Å²) in [7, 11) is 2.47. The second-order valence-corrected chi connectivity index (χ2v) is 7.74. The van der Waals surface area contributed by atoms with E-state index >= 15 is 0 Å². The second-order valence-electron chi connectivity index (χ2n) is 7.74. The minimum absolute atomic E-state index is 0. The topological polar surface area (TPSA) is 12.5 Å². The van der Waals surface area contributed by atoms with E-state index in [-0.39, 0.29) is 12.4 Å². The first-order valence-corrected chi connectivity index (χ1v) is 10.2. The van der Waals surface area contributed by atoms with Gasteiger partial charge in [-0.25, -0.2) is 0 Å². The average molecular weight is 348 g/mol. The summed E-state index contributed by atoms with van der Waals surface area (Å²) < 4.78 is 6.76. The van der Waals surface area contributed by atoms with Crippen LogP contribution in [0.2, 0.25) is 0 Å². The van der Waals surface area contributed by atoms with Crippen LogP contribution < -0.4 is 12.4 Å². The molecule has 3 heteroatoms. The quantitative estimate of drug-likeness (QED) is 0.237. The lowest BCUT2D eigenvalue weighted by Gasteiger charge is -2.34. The van der Waals surface area contributed by atoms with Gasteiger partial charge in [-0.2, -0.15) is 0 Å². The molecule has 1 rings (SSSR count). The van der Waals surface area contributed by atoms with Crippen LogP contribution in [0.1, 0.15) is 90.9 Å². The van der Waals surface area contributed by atoms with Crippen molar-refractivity contribution in [2.24, 2.45) is 0 Å². The molecule has 1 saturated heterocycles. The molecule has 1 fully saturated rings. The van der Waals surface area contributed by atoms with Gasteiger partial charge in [0, 0.05) is 0 Å². The second kappa shape index (κ2) is 14.5. The van der Waals surface area contributed by atoms with Crippen LogP contribution in [0.25, 0.3) is 0 Å². The zero-order chi connectivity index (χ0) is 16.1. The van der Waals surface area contributed by atoms with Crippen molar-refractivity contribution in [2.45, 2.75) is 97.0 Å². The Morgan fingerprint density at radius 1 is 0.739 bits per heavy atom. The van der Waals surface area contributed by atoms with E-state index in [1.807, 2.05) is 0 Å². The monoisotopic (exact) mass is 347 g/mol. The van der Waals surface area contributed by atoms with Gasteiger partial charge in [0.1, 0.15) is 12.6 Å². The minimum Gasteiger partial charge on any atom is -1.00 e. The van der Waals surface area contributed by atoms with Crippen LogP contribution >= 0.6 is 0 Å². The summed E-state index contributed by atoms with van der Waals surface area (Å²) in [6.45, 7) is 9.58. The maximum absolute atomic E-state index is 5.51. The van der Waals surface area contributed by atoms with Crippen molar-refractivity contribution in [3.8, 4) is 0 Å². The molecule has 1 aliphatic rings. The summed E-state index contributed by atoms with van der Waals surface area (Å²) in [5, 5.41) is 0. The number of epoxide rings is 1. The van der Waals surface area contributed by atoms with Crippen LogP contribution in [0.4, 0.5) is 0 Å². The molecule has 1 heterocycles. The molecule has 0 amide bonds. The van der Waals surface area contributed by atoms with E-state index in [0.717, 1.165) is 6.61 Å². The van der Waals surface area contributed by atoms with E-state index < -0.39 is 0 Å². The fraction of sp³-hybridized carbons (Fsp3) is 1.00. The molecule has 140 valence electrons. The van der Waals surface area contributed by atoms with Gasteiger partial charge in [0.25, 0.3) is 0 Å². The predicted molar refractivity (Wildman–Crippen MR) is 97.3 cm³/mol. The molecule has 0 radical (unpaired) electrons. The van der Waals surface area contributed by atoms with Crippen LogP contribution in [0.3, 0.4) is 0 Å². The molecule has 1 aliphatic heterocycles. The highest BCUT2D eigenvalue weighted by molar-refractivity contribution is 4.68. The zero-order valence-electron chi connectivity index (χ0n) is 16.1. The predicted octanol–water partition coefficient (Wildman–Crippen LogP) is 2.56. The Morgan fingerprint density at radius 2 is 1.13 bits per heavy atom. The number of hydrogen-bond donors (Lipinski definition) is 0. The molecule has 1 atom stereocenters. The summed E-state index contributed by atoms with van der Waals surface area (Å²) in [6.07, 6.45) is 17.5. The lowest BCUT2D eigenvalue weighted by molar-refractivity contribution is -0.910. The van der Waals surface area contributed by atoms with E-state index in [0.29, 0.717) is 6.10 Å². The van der Waals surface area contributed by atoms with Crippen molar-refractivity contribution >= 4 is 0 Å². The molecule has 0 aliphatic carbocycles. The third kappa shape index (κ3) is 13.2. The molecule has 0 spiro atoms. The number of ether oxygens (including phenoxy) is 1. The van der Waals surface area contributed by atoms with Crippen molar-refractivity contribution in [1.29, 1.82) is 0 Å². The van der Waals surface area contributed by atoms with Crippen LogP contribution in [0.5, 0.6) is 0 Å². The number of unbranched alkanes of at least 4 members (excludes halogenated alkanes) is 10. The largest absolute Gasteiger partial charge is 1.00 e. The number of nitrogens with zero attached hydrogens (tertiary/aromatic N) is 1. The molecule has 0 aromatic carbocycles. The lowest BCUT2D eigenvalue weighted by atomic mass is 10.1. The van der Waals surface area contributed by atoms with Gasteiger partial charge in [-0.3, -0.25) is 0 Å². The molecule has 0 aromatic rings. The first kappa shape index (κ1) is 23.2. The molecule has 0 N–H and O–H groups in total. The van der Waals surface area contributed by atoms with Gasteiger partial charge in [-0.05, 0) is 25.7 Å². The number of likely N-dealkylation sites (N-methyl/N-ethyl adjacent to an activating group) is 1. The van der Waals surface area contributed by atoms with Crippen LogP contribution in [-0.4, -0.2) is 43.9 Å². The Hall–Kier alpha value is 0.210. The summed E-state index contributed by atoms with van der Waals surface area (Å²) in [4.78, 5) is 0. The maximum atomic E-state index is 5.51. The first-order chi connectivity index (χ1) is 10.7. The first-order valence-electron chi connectivity index (χ1n) is 10.2. The molecule has 0 bridgehead atoms. The molecule has 0 saturated carbocycles. The Labute approximate surface area is 152 Å². The summed E-state index contributed by atoms with van der Waals surface area (Å²) >= 11 is 0. The third-order valence-corrected chi connectivity index (χ3v) is 5.15. The highest BCUT2D eigenvalue weighted by Gasteiger charge is 2.33. The SMILES string of the molecule is CCCCCCCC[N+](C)(CCCCCCCC)CC1CO1.[Cl-]. The van der Waals surface area contributed by atoms with Crippen molar-refractivity contribution in [3.05, 3.63) is 0 Å². The van der Waals surface area contributed by atoms with E-state index in [1.165, 1.54) is 101 Å². The lowest BCUT2D eigenvalue weighted by Crippen LogP contribution is -3.00. The van der Waals surface area contributed by atoms with Gasteiger partial charge < -0.3 is 21.6 Å². The number of rotatable bonds is 16. The Morgan fingerprint density at radius 3 is 1.52 bits per heavy atom. The smallest absolute Gasteiger partial charge is 0.130 e. The Bertz CT molecular complexity index is 240. The van der Waals surface area contributed by atoms with E-state index in [2.05, 4.69) is 20.9 Å². The van der Waals surface area contributed by atoms with Gasteiger partial charge in [0.15, 0.2) is 0 Å². The van der Waals surface area contributed by atoms with Gasteiger partial charge in [0.2, 0.25) is 0 Å². The van der Waals surface area contributed by atoms with E-state index in [9.17, 15) is 0 Å². The summed E-state index contributed by atoms with van der Waals surface area (Å²) in [6, 6.07) is 0. The molecule has 2 nitrogen and oxygen atoms in total. The summed E-state index contributed by atoms with van der Waals surface area (Å²) in [5.41, 5.74) is 0. The molecule has 0 aromatic heterocycles. The third-order valence-electron chi connectivity index (χ3n) is 5.15. The van der Waals surface area contributed by atoms with Crippen molar-refractivity contribution < 1.29 is 21.6 Å². The van der Waals surface area contributed by atoms with Crippen LogP contribution in [0, 0.1) is 0 Å². The standard InChI is InChI=1S/C20H42NO.ClH/c1-4-6-8-10-12-14-16-21(3,18-20-19-22-20)17-15-13-11-9-7-5-2;/h20H,4-19H2,1-3H3;1H/q+1;/p-1. The summed E-state index contributed by atoms with van der Waals surface area (Å²) in [5.74, 6) is 0. The zero-order valence-corrected chi connectivity index (χ0v) is 16.9. The van der Waals surface area contributed by atoms with Gasteiger partial charge in [0.05, 0.1) is 26.7 Å². The molecule has 1 unspecified atom stereocenters. The van der Waals surface area contributed by atoms with Crippen LogP contribution in [0.15, 0.2) is 0 Å². The van der Waals surface area contributed by atoms with E-state index in [1.54, 1.807) is 0 Å². The molecular weight excluding hydrogens is 306 g/mol. The average Bonchev–Trinajstić information content (AvgIpc) is 3.30. The Kier molecular flexibility index (Phi) is 14.7. The van der Waals surface area contributed by atoms with Gasteiger partial charge in [-0.15, -0.1) is 0 Å². The van der Waals surface area contributed by atoms with E-state index in [4.69, 9.17) is 4.74 Å². The highest BCUT2D eigenvalue weighted by Crippen LogP contribution is 2.19. The number of halogens is 1.